The van der Waals surface area contributed by atoms with E-state index in [-0.39, 0.29) is 12.6 Å². The number of halogens is 1. The smallest absolute Gasteiger partial charge is 0.184 e. The molecule has 0 aliphatic carbocycles. The van der Waals surface area contributed by atoms with Gasteiger partial charge in [-0.1, -0.05) is 52.3 Å². The minimum Gasteiger partial charge on any atom is -0.378 e. The first kappa shape index (κ1) is 24.8. The largest absolute Gasteiger partial charge is 0.378 e. The van der Waals surface area contributed by atoms with E-state index in [1.165, 1.54) is 27.2 Å². The molecule has 7 heteroatoms. The Morgan fingerprint density at radius 1 is 0.541 bits per heavy atom. The highest BCUT2D eigenvalue weighted by atomic mass is 79.9. The van der Waals surface area contributed by atoms with E-state index >= 15 is 0 Å². The molecule has 0 N–H and O–H groups in total. The zero-order valence-corrected chi connectivity index (χ0v) is 22.2. The first-order valence-corrected chi connectivity index (χ1v) is 13.5. The van der Waals surface area contributed by atoms with Crippen molar-refractivity contribution in [2.24, 2.45) is 0 Å². The van der Waals surface area contributed by atoms with Crippen LogP contribution in [0.1, 0.15) is 23.7 Å². The second-order valence-corrected chi connectivity index (χ2v) is 10.2. The van der Waals surface area contributed by atoms with Crippen LogP contribution in [0.25, 0.3) is 21.5 Å². The van der Waals surface area contributed by atoms with Crippen LogP contribution < -0.4 is 4.90 Å². The summed E-state index contributed by atoms with van der Waals surface area (Å²) in [6.45, 7) is 6.28. The molecule has 3 fully saturated rings. The predicted octanol–water partition coefficient (Wildman–Crippen LogP) is 6.37. The van der Waals surface area contributed by atoms with Crippen molar-refractivity contribution in [3.63, 3.8) is 0 Å². The normalized spacial score (nSPS) is 18.9. The van der Waals surface area contributed by atoms with Gasteiger partial charge in [-0.05, 0) is 57.9 Å². The van der Waals surface area contributed by atoms with Crippen molar-refractivity contribution in [2.45, 2.75) is 12.6 Å². The average molecular weight is 564 g/mol. The van der Waals surface area contributed by atoms with Crippen molar-refractivity contribution in [3.8, 4) is 0 Å². The molecular weight excluding hydrogens is 534 g/mol. The average Bonchev–Trinajstić information content (AvgIpc) is 3.68. The van der Waals surface area contributed by atoms with Crippen molar-refractivity contribution in [1.29, 1.82) is 0 Å². The molecule has 3 heterocycles. The number of ether oxygens (including phenoxy) is 5. The van der Waals surface area contributed by atoms with Crippen molar-refractivity contribution in [1.82, 2.24) is 0 Å². The number of hydrogen-bond donors (Lipinski definition) is 0. The van der Waals surface area contributed by atoms with Crippen LogP contribution in [-0.2, 0) is 23.7 Å². The summed E-state index contributed by atoms with van der Waals surface area (Å²) < 4.78 is 28.6. The summed E-state index contributed by atoms with van der Waals surface area (Å²) in [5.41, 5.74) is 3.46. The minimum atomic E-state index is -0.201. The highest BCUT2D eigenvalue weighted by Gasteiger charge is 2.19. The van der Waals surface area contributed by atoms with Gasteiger partial charge in [0.1, 0.15) is 0 Å². The van der Waals surface area contributed by atoms with Crippen LogP contribution in [0, 0.1) is 0 Å². The van der Waals surface area contributed by atoms with Gasteiger partial charge in [0, 0.05) is 34.4 Å². The van der Waals surface area contributed by atoms with Gasteiger partial charge in [-0.15, -0.1) is 0 Å². The zero-order valence-electron chi connectivity index (χ0n) is 20.6. The number of hydrogen-bond acceptors (Lipinski definition) is 6. The number of morpholine rings is 1. The maximum Gasteiger partial charge on any atom is 0.184 e. The lowest BCUT2D eigenvalue weighted by molar-refractivity contribution is -0.0442. The van der Waals surface area contributed by atoms with E-state index in [1.54, 1.807) is 0 Å². The first-order valence-electron chi connectivity index (χ1n) is 12.7. The van der Waals surface area contributed by atoms with E-state index in [0.717, 1.165) is 41.9 Å². The molecular formula is C30H30BrNO5. The molecule has 0 aromatic heterocycles. The van der Waals surface area contributed by atoms with Gasteiger partial charge in [0.25, 0.3) is 0 Å². The Kier molecular flexibility index (Phi) is 7.69. The molecule has 3 aliphatic heterocycles. The fourth-order valence-electron chi connectivity index (χ4n) is 4.90. The summed E-state index contributed by atoms with van der Waals surface area (Å²) in [5, 5.41) is 4.90. The Morgan fingerprint density at radius 2 is 1.03 bits per heavy atom. The van der Waals surface area contributed by atoms with E-state index < -0.39 is 0 Å². The molecule has 7 rings (SSSR count). The molecule has 4 aromatic rings. The predicted molar refractivity (Wildman–Crippen MR) is 148 cm³/mol. The van der Waals surface area contributed by atoms with Crippen LogP contribution in [-0.4, -0.2) is 52.7 Å². The van der Waals surface area contributed by atoms with E-state index in [0.29, 0.717) is 26.4 Å². The fraction of sp³-hybridized carbons (Fsp3) is 0.333. The van der Waals surface area contributed by atoms with E-state index in [9.17, 15) is 0 Å². The molecule has 0 radical (unpaired) electrons. The maximum absolute atomic E-state index is 5.56. The van der Waals surface area contributed by atoms with Gasteiger partial charge in [-0.2, -0.15) is 0 Å². The Balaban J connectivity index is 0.000000141. The molecule has 3 aliphatic rings. The lowest BCUT2D eigenvalue weighted by Crippen LogP contribution is -2.36. The van der Waals surface area contributed by atoms with Crippen LogP contribution in [0.4, 0.5) is 5.69 Å². The van der Waals surface area contributed by atoms with Crippen molar-refractivity contribution in [3.05, 3.63) is 88.4 Å². The third kappa shape index (κ3) is 5.82. The summed E-state index contributed by atoms with van der Waals surface area (Å²) >= 11 is 3.47. The highest BCUT2D eigenvalue weighted by molar-refractivity contribution is 9.10. The second-order valence-electron chi connectivity index (χ2n) is 9.29. The quantitative estimate of drug-likeness (QED) is 0.288. The Morgan fingerprint density at radius 3 is 1.62 bits per heavy atom. The van der Waals surface area contributed by atoms with Crippen molar-refractivity contribution in [2.75, 3.05) is 57.6 Å². The van der Waals surface area contributed by atoms with Gasteiger partial charge in [0.2, 0.25) is 0 Å². The zero-order chi connectivity index (χ0) is 25.0. The molecule has 37 heavy (non-hydrogen) atoms. The van der Waals surface area contributed by atoms with Gasteiger partial charge in [0.15, 0.2) is 12.6 Å². The van der Waals surface area contributed by atoms with Gasteiger partial charge in [-0.3, -0.25) is 0 Å². The van der Waals surface area contributed by atoms with Gasteiger partial charge in [-0.25, -0.2) is 0 Å². The molecule has 4 aromatic carbocycles. The van der Waals surface area contributed by atoms with E-state index in [1.807, 2.05) is 6.07 Å². The summed E-state index contributed by atoms with van der Waals surface area (Å²) in [7, 11) is 0. The summed E-state index contributed by atoms with van der Waals surface area (Å²) in [4.78, 5) is 2.38. The molecule has 192 valence electrons. The summed E-state index contributed by atoms with van der Waals surface area (Å²) in [6.07, 6.45) is -0.388. The first-order chi connectivity index (χ1) is 18.2. The summed E-state index contributed by atoms with van der Waals surface area (Å²) in [5.74, 6) is 0. The molecule has 0 saturated carbocycles. The number of rotatable bonds is 3. The van der Waals surface area contributed by atoms with E-state index in [4.69, 9.17) is 23.7 Å². The number of anilines is 1. The molecule has 3 saturated heterocycles. The molecule has 0 amide bonds. The Hall–Kier alpha value is -2.52. The van der Waals surface area contributed by atoms with Crippen LogP contribution in [0.3, 0.4) is 0 Å². The van der Waals surface area contributed by atoms with E-state index in [2.05, 4.69) is 87.6 Å². The highest BCUT2D eigenvalue weighted by Crippen LogP contribution is 2.30. The minimum absolute atomic E-state index is 0.187. The van der Waals surface area contributed by atoms with Gasteiger partial charge < -0.3 is 28.6 Å². The van der Waals surface area contributed by atoms with Crippen LogP contribution in [0.5, 0.6) is 0 Å². The Bertz CT molecular complexity index is 1360. The molecule has 0 bridgehead atoms. The monoisotopic (exact) mass is 563 g/mol. The molecule has 6 nitrogen and oxygen atoms in total. The number of fused-ring (bicyclic) bond motifs is 2. The van der Waals surface area contributed by atoms with Gasteiger partial charge in [0.05, 0.1) is 39.6 Å². The second kappa shape index (κ2) is 11.5. The fourth-order valence-corrected chi connectivity index (χ4v) is 5.28. The lowest BCUT2D eigenvalue weighted by atomic mass is 10.1. The topological polar surface area (TPSA) is 49.4 Å². The molecule has 0 unspecified atom stereocenters. The standard InChI is InChI=1S/C17H19NO3.C13H11BrO2/c1-2-15(17-20-9-10-21-17)11-13-3-4-16(12-14(1)13)18-5-7-19-8-6-18;14-12-4-3-9-7-11(2-1-10(9)8-12)13-15-5-6-16-13/h1-4,11-12,17H,5-10H2;1-4,7-8,13H,5-6H2. The van der Waals surface area contributed by atoms with Crippen molar-refractivity contribution < 1.29 is 23.7 Å². The SMILES string of the molecule is Brc1ccc2cc(C3OCCO3)ccc2c1.c1cc2cc(N3CCOCC3)ccc2cc1C1OCCO1. The Labute approximate surface area is 225 Å². The lowest BCUT2D eigenvalue weighted by Gasteiger charge is -2.29. The third-order valence-corrected chi connectivity index (χ3v) is 7.33. The van der Waals surface area contributed by atoms with Gasteiger partial charge >= 0.3 is 0 Å². The van der Waals surface area contributed by atoms with Crippen LogP contribution in [0.2, 0.25) is 0 Å². The number of benzene rings is 4. The number of nitrogens with zero attached hydrogens (tertiary/aromatic N) is 1. The van der Waals surface area contributed by atoms with Crippen LogP contribution >= 0.6 is 15.9 Å². The summed E-state index contributed by atoms with van der Waals surface area (Å²) in [6, 6.07) is 25.6. The maximum atomic E-state index is 5.56. The third-order valence-electron chi connectivity index (χ3n) is 6.84. The van der Waals surface area contributed by atoms with Crippen LogP contribution in [0.15, 0.2) is 77.3 Å². The molecule has 0 atom stereocenters. The van der Waals surface area contributed by atoms with Crippen molar-refractivity contribution >= 4 is 43.2 Å². The molecule has 0 spiro atoms.